The van der Waals surface area contributed by atoms with E-state index in [4.69, 9.17) is 0 Å². The number of carbonyl (C=O) groups excluding carboxylic acids is 1. The van der Waals surface area contributed by atoms with Crippen molar-refractivity contribution in [2.75, 3.05) is 6.54 Å². The van der Waals surface area contributed by atoms with E-state index in [0.29, 0.717) is 6.54 Å². The van der Waals surface area contributed by atoms with E-state index in [1.165, 1.54) is 10.4 Å². The molecule has 0 spiro atoms. The molecular formula is C17H21N3OS. The van der Waals surface area contributed by atoms with Crippen molar-refractivity contribution in [2.24, 2.45) is 0 Å². The van der Waals surface area contributed by atoms with E-state index < -0.39 is 0 Å². The van der Waals surface area contributed by atoms with E-state index in [2.05, 4.69) is 34.7 Å². The van der Waals surface area contributed by atoms with Gasteiger partial charge in [-0.2, -0.15) is 0 Å². The van der Waals surface area contributed by atoms with Crippen LogP contribution in [0, 0.1) is 6.92 Å². The van der Waals surface area contributed by atoms with Crippen molar-refractivity contribution in [1.82, 2.24) is 15.2 Å². The highest BCUT2D eigenvalue weighted by molar-refractivity contribution is 7.10. The number of carbonyl (C=O) groups is 1. The number of aromatic nitrogens is 1. The van der Waals surface area contributed by atoms with E-state index in [9.17, 15) is 4.79 Å². The van der Waals surface area contributed by atoms with Crippen LogP contribution in [0.3, 0.4) is 0 Å². The third-order valence-electron chi connectivity index (χ3n) is 4.20. The van der Waals surface area contributed by atoms with Crippen LogP contribution in [0.5, 0.6) is 0 Å². The van der Waals surface area contributed by atoms with Crippen molar-refractivity contribution in [3.63, 3.8) is 0 Å². The van der Waals surface area contributed by atoms with E-state index in [1.54, 1.807) is 17.5 Å². The molecular weight excluding hydrogens is 294 g/mol. The zero-order valence-electron chi connectivity index (χ0n) is 12.8. The molecule has 2 aromatic heterocycles. The standard InChI is InChI=1S/C17H21N3OS/c1-13-7-10-22-16(13)12-19-17(21)20-9-3-2-6-15(20)14-5-4-8-18-11-14/h4-5,7-8,10-11,15H,2-3,6,9,12H2,1H3,(H,19,21)/t15-/m0/s1. The third-order valence-corrected chi connectivity index (χ3v) is 5.22. The van der Waals surface area contributed by atoms with Gasteiger partial charge in [-0.05, 0) is 54.8 Å². The highest BCUT2D eigenvalue weighted by Crippen LogP contribution is 2.30. The van der Waals surface area contributed by atoms with Crippen molar-refractivity contribution in [3.8, 4) is 0 Å². The highest BCUT2D eigenvalue weighted by atomic mass is 32.1. The van der Waals surface area contributed by atoms with Crippen LogP contribution in [-0.4, -0.2) is 22.5 Å². The molecule has 1 atom stereocenters. The maximum Gasteiger partial charge on any atom is 0.318 e. The van der Waals surface area contributed by atoms with Gasteiger partial charge < -0.3 is 10.2 Å². The highest BCUT2D eigenvalue weighted by Gasteiger charge is 2.27. The molecule has 1 N–H and O–H groups in total. The number of rotatable bonds is 3. The van der Waals surface area contributed by atoms with Crippen molar-refractivity contribution in [1.29, 1.82) is 0 Å². The number of nitrogens with zero attached hydrogens (tertiary/aromatic N) is 2. The summed E-state index contributed by atoms with van der Waals surface area (Å²) < 4.78 is 0. The lowest BCUT2D eigenvalue weighted by molar-refractivity contribution is 0.151. The zero-order chi connectivity index (χ0) is 15.4. The first-order chi connectivity index (χ1) is 10.8. The molecule has 116 valence electrons. The Morgan fingerprint density at radius 2 is 2.36 bits per heavy atom. The Balaban J connectivity index is 1.68. The molecule has 2 aromatic rings. The molecule has 3 rings (SSSR count). The molecule has 0 unspecified atom stereocenters. The van der Waals surface area contributed by atoms with Gasteiger partial charge in [-0.25, -0.2) is 4.79 Å². The molecule has 1 aliphatic heterocycles. The number of piperidine rings is 1. The third kappa shape index (κ3) is 3.30. The van der Waals surface area contributed by atoms with Crippen molar-refractivity contribution in [2.45, 2.75) is 38.8 Å². The lowest BCUT2D eigenvalue weighted by atomic mass is 9.97. The van der Waals surface area contributed by atoms with E-state index in [0.717, 1.165) is 31.4 Å². The van der Waals surface area contributed by atoms with Crippen LogP contribution in [0.25, 0.3) is 0 Å². The first-order valence-electron chi connectivity index (χ1n) is 7.73. The van der Waals surface area contributed by atoms with E-state index in [-0.39, 0.29) is 12.1 Å². The SMILES string of the molecule is Cc1ccsc1CNC(=O)N1CCCC[C@H]1c1cccnc1. The molecule has 0 aromatic carbocycles. The lowest BCUT2D eigenvalue weighted by Crippen LogP contribution is -2.44. The number of hydrogen-bond acceptors (Lipinski definition) is 3. The Kier molecular flexibility index (Phi) is 4.73. The Morgan fingerprint density at radius 3 is 3.09 bits per heavy atom. The minimum absolute atomic E-state index is 0.0290. The van der Waals surface area contributed by atoms with Gasteiger partial charge in [0.15, 0.2) is 0 Å². The van der Waals surface area contributed by atoms with E-state index >= 15 is 0 Å². The van der Waals surface area contributed by atoms with Gasteiger partial charge in [0.05, 0.1) is 12.6 Å². The van der Waals surface area contributed by atoms with Crippen molar-refractivity contribution < 1.29 is 4.79 Å². The summed E-state index contributed by atoms with van der Waals surface area (Å²) in [5.74, 6) is 0. The predicted octanol–water partition coefficient (Wildman–Crippen LogP) is 3.89. The molecule has 3 heterocycles. The summed E-state index contributed by atoms with van der Waals surface area (Å²) in [6.45, 7) is 3.50. The predicted molar refractivity (Wildman–Crippen MR) is 88.8 cm³/mol. The van der Waals surface area contributed by atoms with Crippen LogP contribution in [0.2, 0.25) is 0 Å². The number of thiophene rings is 1. The second-order valence-corrected chi connectivity index (χ2v) is 6.68. The average molecular weight is 315 g/mol. The number of nitrogens with one attached hydrogen (secondary N) is 1. The van der Waals surface area contributed by atoms with Crippen molar-refractivity contribution >= 4 is 17.4 Å². The molecule has 5 heteroatoms. The molecule has 0 radical (unpaired) electrons. The van der Waals surface area contributed by atoms with Gasteiger partial charge >= 0.3 is 6.03 Å². The molecule has 2 amide bonds. The fourth-order valence-corrected chi connectivity index (χ4v) is 3.78. The second-order valence-electron chi connectivity index (χ2n) is 5.68. The monoisotopic (exact) mass is 315 g/mol. The smallest absolute Gasteiger partial charge is 0.318 e. The topological polar surface area (TPSA) is 45.2 Å². The summed E-state index contributed by atoms with van der Waals surface area (Å²) in [5, 5.41) is 5.14. The number of pyridine rings is 1. The Labute approximate surface area is 135 Å². The number of aryl methyl sites for hydroxylation is 1. The molecule has 0 bridgehead atoms. The summed E-state index contributed by atoms with van der Waals surface area (Å²) >= 11 is 1.69. The quantitative estimate of drug-likeness (QED) is 0.934. The van der Waals surface area contributed by atoms with Crippen LogP contribution >= 0.6 is 11.3 Å². The molecule has 4 nitrogen and oxygen atoms in total. The fourth-order valence-electron chi connectivity index (χ4n) is 2.94. The van der Waals surface area contributed by atoms with Gasteiger partial charge in [-0.1, -0.05) is 6.07 Å². The van der Waals surface area contributed by atoms with Gasteiger partial charge in [-0.15, -0.1) is 11.3 Å². The van der Waals surface area contributed by atoms with Crippen LogP contribution < -0.4 is 5.32 Å². The minimum Gasteiger partial charge on any atom is -0.333 e. The van der Waals surface area contributed by atoms with Crippen LogP contribution in [0.1, 0.15) is 41.3 Å². The summed E-state index contributed by atoms with van der Waals surface area (Å²) in [5.41, 5.74) is 2.37. The van der Waals surface area contributed by atoms with Crippen molar-refractivity contribution in [3.05, 3.63) is 52.0 Å². The number of hydrogen-bond donors (Lipinski definition) is 1. The zero-order valence-corrected chi connectivity index (χ0v) is 13.6. The number of urea groups is 1. The van der Waals surface area contributed by atoms with Crippen LogP contribution in [-0.2, 0) is 6.54 Å². The van der Waals surface area contributed by atoms with Gasteiger partial charge in [0.2, 0.25) is 0 Å². The van der Waals surface area contributed by atoms with Gasteiger partial charge in [-0.3, -0.25) is 4.98 Å². The molecule has 1 aliphatic rings. The average Bonchev–Trinajstić information content (AvgIpc) is 2.98. The molecule has 0 aliphatic carbocycles. The lowest BCUT2D eigenvalue weighted by Gasteiger charge is -2.35. The molecule has 1 saturated heterocycles. The largest absolute Gasteiger partial charge is 0.333 e. The fraction of sp³-hybridized carbons (Fsp3) is 0.412. The molecule has 1 fully saturated rings. The Hall–Kier alpha value is -1.88. The Bertz CT molecular complexity index is 626. The van der Waals surface area contributed by atoms with Gasteiger partial charge in [0.25, 0.3) is 0 Å². The molecule has 0 saturated carbocycles. The summed E-state index contributed by atoms with van der Waals surface area (Å²) in [7, 11) is 0. The normalized spacial score (nSPS) is 18.2. The van der Waals surface area contributed by atoms with Gasteiger partial charge in [0, 0.05) is 23.8 Å². The molecule has 22 heavy (non-hydrogen) atoms. The first kappa shape index (κ1) is 15.0. The van der Waals surface area contributed by atoms with E-state index in [1.807, 2.05) is 17.2 Å². The summed E-state index contributed by atoms with van der Waals surface area (Å²) in [4.78, 5) is 20.0. The Morgan fingerprint density at radius 1 is 1.45 bits per heavy atom. The van der Waals surface area contributed by atoms with Crippen LogP contribution in [0.15, 0.2) is 36.0 Å². The summed E-state index contributed by atoms with van der Waals surface area (Å²) in [6, 6.07) is 6.26. The number of likely N-dealkylation sites (tertiary alicyclic amines) is 1. The van der Waals surface area contributed by atoms with Gasteiger partial charge in [0.1, 0.15) is 0 Å². The first-order valence-corrected chi connectivity index (χ1v) is 8.61. The minimum atomic E-state index is 0.0290. The maximum atomic E-state index is 12.6. The maximum absolute atomic E-state index is 12.6. The number of amides is 2. The summed E-state index contributed by atoms with van der Waals surface area (Å²) in [6.07, 6.45) is 6.89. The van der Waals surface area contributed by atoms with Crippen LogP contribution in [0.4, 0.5) is 4.79 Å². The second kappa shape index (κ2) is 6.92.